The van der Waals surface area contributed by atoms with Crippen molar-refractivity contribution in [1.82, 2.24) is 0 Å². The summed E-state index contributed by atoms with van der Waals surface area (Å²) < 4.78 is 0. The number of Topliss-reactive ketones (excluding diaryl/α,β-unsaturated/α-hetero) is 1. The number of rotatable bonds is 4. The van der Waals surface area contributed by atoms with Crippen molar-refractivity contribution < 1.29 is 4.79 Å². The lowest BCUT2D eigenvalue weighted by atomic mass is 9.84. The zero-order valence-corrected chi connectivity index (χ0v) is 8.14. The van der Waals surface area contributed by atoms with Crippen LogP contribution in [0.3, 0.4) is 0 Å². The molecule has 1 heteroatoms. The fourth-order valence-electron chi connectivity index (χ4n) is 2.00. The Bertz CT molecular complexity index is 140. The van der Waals surface area contributed by atoms with Gasteiger partial charge in [0.05, 0.1) is 0 Å². The molecule has 0 aromatic carbocycles. The molecular formula is C11H20O. The largest absolute Gasteiger partial charge is 0.299 e. The molecule has 1 atom stereocenters. The van der Waals surface area contributed by atoms with Gasteiger partial charge in [0.2, 0.25) is 0 Å². The van der Waals surface area contributed by atoms with E-state index in [1.807, 2.05) is 0 Å². The predicted molar refractivity (Wildman–Crippen MR) is 51.1 cm³/mol. The molecule has 0 aromatic heterocycles. The van der Waals surface area contributed by atoms with Gasteiger partial charge in [-0.05, 0) is 19.3 Å². The average Bonchev–Trinajstić information content (AvgIpc) is 2.09. The fraction of sp³-hybridized carbons (Fsp3) is 0.909. The minimum atomic E-state index is 0.435. The molecule has 12 heavy (non-hydrogen) atoms. The molecule has 0 saturated heterocycles. The van der Waals surface area contributed by atoms with Crippen LogP contribution in [0.2, 0.25) is 0 Å². The van der Waals surface area contributed by atoms with Gasteiger partial charge in [-0.3, -0.25) is 4.79 Å². The van der Waals surface area contributed by atoms with Crippen LogP contribution in [0, 0.1) is 5.92 Å². The SMILES string of the molecule is CCCCCC1CCCCC1=O. The van der Waals surface area contributed by atoms with E-state index in [0.29, 0.717) is 11.7 Å². The zero-order valence-electron chi connectivity index (χ0n) is 8.14. The molecule has 1 aliphatic carbocycles. The van der Waals surface area contributed by atoms with E-state index in [1.54, 1.807) is 0 Å². The third kappa shape index (κ3) is 2.96. The number of hydrogen-bond donors (Lipinski definition) is 0. The van der Waals surface area contributed by atoms with Crippen LogP contribution < -0.4 is 0 Å². The summed E-state index contributed by atoms with van der Waals surface area (Å²) in [6.07, 6.45) is 9.43. The van der Waals surface area contributed by atoms with Crippen LogP contribution in [0.4, 0.5) is 0 Å². The molecule has 0 spiro atoms. The molecule has 0 radical (unpaired) electrons. The summed E-state index contributed by atoms with van der Waals surface area (Å²) in [5, 5.41) is 0. The normalized spacial score (nSPS) is 24.4. The Balaban J connectivity index is 2.16. The zero-order chi connectivity index (χ0) is 8.81. The highest BCUT2D eigenvalue weighted by Crippen LogP contribution is 2.25. The molecule has 1 saturated carbocycles. The first-order valence-corrected chi connectivity index (χ1v) is 5.37. The van der Waals surface area contributed by atoms with E-state index in [1.165, 1.54) is 32.1 Å². The Morgan fingerprint density at radius 2 is 2.17 bits per heavy atom. The molecule has 0 heterocycles. The van der Waals surface area contributed by atoms with Gasteiger partial charge in [0.25, 0.3) is 0 Å². The quantitative estimate of drug-likeness (QED) is 0.588. The Morgan fingerprint density at radius 3 is 2.83 bits per heavy atom. The molecular weight excluding hydrogens is 148 g/mol. The van der Waals surface area contributed by atoms with E-state index in [-0.39, 0.29) is 0 Å². The summed E-state index contributed by atoms with van der Waals surface area (Å²) in [5.74, 6) is 0.975. The molecule has 1 unspecified atom stereocenters. The van der Waals surface area contributed by atoms with Gasteiger partial charge in [-0.15, -0.1) is 0 Å². The lowest BCUT2D eigenvalue weighted by Crippen LogP contribution is -2.18. The van der Waals surface area contributed by atoms with Crippen molar-refractivity contribution in [2.45, 2.75) is 58.3 Å². The van der Waals surface area contributed by atoms with Gasteiger partial charge in [-0.2, -0.15) is 0 Å². The highest BCUT2D eigenvalue weighted by atomic mass is 16.1. The maximum Gasteiger partial charge on any atom is 0.135 e. The first kappa shape index (κ1) is 9.76. The minimum Gasteiger partial charge on any atom is -0.299 e. The van der Waals surface area contributed by atoms with Gasteiger partial charge in [-0.1, -0.05) is 32.6 Å². The summed E-state index contributed by atoms with van der Waals surface area (Å²) in [6, 6.07) is 0. The summed E-state index contributed by atoms with van der Waals surface area (Å²) in [5.41, 5.74) is 0. The Kier molecular flexibility index (Phi) is 4.34. The fourth-order valence-corrected chi connectivity index (χ4v) is 2.00. The van der Waals surface area contributed by atoms with E-state index in [9.17, 15) is 4.79 Å². The van der Waals surface area contributed by atoms with Gasteiger partial charge in [0.1, 0.15) is 5.78 Å². The average molecular weight is 168 g/mol. The lowest BCUT2D eigenvalue weighted by molar-refractivity contribution is -0.124. The highest BCUT2D eigenvalue weighted by molar-refractivity contribution is 5.81. The van der Waals surface area contributed by atoms with Crippen LogP contribution >= 0.6 is 0 Å². The van der Waals surface area contributed by atoms with Crippen LogP contribution in [-0.2, 0) is 4.79 Å². The third-order valence-electron chi connectivity index (χ3n) is 2.84. The second kappa shape index (κ2) is 5.34. The number of carbonyl (C=O) groups excluding carboxylic acids is 1. The van der Waals surface area contributed by atoms with Crippen molar-refractivity contribution in [1.29, 1.82) is 0 Å². The Morgan fingerprint density at radius 1 is 1.33 bits per heavy atom. The van der Waals surface area contributed by atoms with Gasteiger partial charge < -0.3 is 0 Å². The van der Waals surface area contributed by atoms with E-state index in [2.05, 4.69) is 6.92 Å². The van der Waals surface area contributed by atoms with Gasteiger partial charge >= 0.3 is 0 Å². The van der Waals surface area contributed by atoms with Crippen LogP contribution in [0.15, 0.2) is 0 Å². The van der Waals surface area contributed by atoms with Crippen LogP contribution in [0.1, 0.15) is 58.3 Å². The van der Waals surface area contributed by atoms with Gasteiger partial charge in [0, 0.05) is 12.3 Å². The van der Waals surface area contributed by atoms with Crippen molar-refractivity contribution in [3.63, 3.8) is 0 Å². The van der Waals surface area contributed by atoms with E-state index >= 15 is 0 Å². The summed E-state index contributed by atoms with van der Waals surface area (Å²) >= 11 is 0. The first-order chi connectivity index (χ1) is 5.84. The molecule has 0 bridgehead atoms. The molecule has 70 valence electrons. The van der Waals surface area contributed by atoms with Crippen molar-refractivity contribution in [2.75, 3.05) is 0 Å². The third-order valence-corrected chi connectivity index (χ3v) is 2.84. The Hall–Kier alpha value is -0.330. The van der Waals surface area contributed by atoms with E-state index in [4.69, 9.17) is 0 Å². The summed E-state index contributed by atoms with van der Waals surface area (Å²) in [4.78, 5) is 11.4. The second-order valence-corrected chi connectivity index (χ2v) is 3.90. The number of hydrogen-bond acceptors (Lipinski definition) is 1. The van der Waals surface area contributed by atoms with Crippen molar-refractivity contribution in [3.8, 4) is 0 Å². The molecule has 1 nitrogen and oxygen atoms in total. The van der Waals surface area contributed by atoms with Crippen LogP contribution in [0.5, 0.6) is 0 Å². The number of carbonyl (C=O) groups is 1. The lowest BCUT2D eigenvalue weighted by Gasteiger charge is -2.19. The van der Waals surface area contributed by atoms with Crippen molar-refractivity contribution in [2.24, 2.45) is 5.92 Å². The summed E-state index contributed by atoms with van der Waals surface area (Å²) in [6.45, 7) is 2.21. The summed E-state index contributed by atoms with van der Waals surface area (Å²) in [7, 11) is 0. The van der Waals surface area contributed by atoms with Gasteiger partial charge in [-0.25, -0.2) is 0 Å². The molecule has 1 rings (SSSR count). The maximum atomic E-state index is 11.4. The monoisotopic (exact) mass is 168 g/mol. The smallest absolute Gasteiger partial charge is 0.135 e. The molecule has 0 N–H and O–H groups in total. The molecule has 0 aliphatic heterocycles. The van der Waals surface area contributed by atoms with Gasteiger partial charge in [0.15, 0.2) is 0 Å². The number of ketones is 1. The number of unbranched alkanes of at least 4 members (excludes halogenated alkanes) is 2. The molecule has 0 aromatic rings. The first-order valence-electron chi connectivity index (χ1n) is 5.37. The molecule has 0 amide bonds. The molecule has 1 fully saturated rings. The maximum absolute atomic E-state index is 11.4. The topological polar surface area (TPSA) is 17.1 Å². The predicted octanol–water partition coefficient (Wildman–Crippen LogP) is 3.33. The van der Waals surface area contributed by atoms with Crippen LogP contribution in [-0.4, -0.2) is 5.78 Å². The minimum absolute atomic E-state index is 0.435. The second-order valence-electron chi connectivity index (χ2n) is 3.90. The van der Waals surface area contributed by atoms with Crippen LogP contribution in [0.25, 0.3) is 0 Å². The van der Waals surface area contributed by atoms with Crippen molar-refractivity contribution in [3.05, 3.63) is 0 Å². The highest BCUT2D eigenvalue weighted by Gasteiger charge is 2.20. The Labute approximate surface area is 75.5 Å². The van der Waals surface area contributed by atoms with E-state index < -0.39 is 0 Å². The standard InChI is InChI=1S/C11H20O/c1-2-3-4-7-10-8-5-6-9-11(10)12/h10H,2-9H2,1H3. The van der Waals surface area contributed by atoms with E-state index in [0.717, 1.165) is 19.3 Å². The molecule has 1 aliphatic rings. The van der Waals surface area contributed by atoms with Crippen molar-refractivity contribution >= 4 is 5.78 Å².